The van der Waals surface area contributed by atoms with Gasteiger partial charge in [0.2, 0.25) is 0 Å². The molecule has 1 heterocycles. The van der Waals surface area contributed by atoms with E-state index in [1.807, 2.05) is 30.8 Å². The van der Waals surface area contributed by atoms with E-state index in [2.05, 4.69) is 23.8 Å². The number of rotatable bonds is 8. The lowest BCUT2D eigenvalue weighted by atomic mass is 10.2. The Hall–Kier alpha value is -0.870. The summed E-state index contributed by atoms with van der Waals surface area (Å²) in [6.07, 6.45) is 2.93. The number of hydrogen-bond acceptors (Lipinski definition) is 3. The van der Waals surface area contributed by atoms with Gasteiger partial charge < -0.3 is 9.30 Å². The van der Waals surface area contributed by atoms with Crippen LogP contribution in [0.1, 0.15) is 19.7 Å². The number of thioether (sulfide) groups is 1. The van der Waals surface area contributed by atoms with Crippen LogP contribution < -0.4 is 4.74 Å². The van der Waals surface area contributed by atoms with Crippen molar-refractivity contribution in [2.75, 3.05) is 24.5 Å². The van der Waals surface area contributed by atoms with Crippen molar-refractivity contribution in [3.05, 3.63) is 24.0 Å². The monoisotopic (exact) mass is 326 g/mol. The van der Waals surface area contributed by atoms with Gasteiger partial charge >= 0.3 is 0 Å². The molecule has 0 spiro atoms. The number of hydrogen-bond donors (Lipinski definition) is 0. The van der Waals surface area contributed by atoms with E-state index in [1.165, 1.54) is 0 Å². The summed E-state index contributed by atoms with van der Waals surface area (Å²) >= 11 is 7.83. The van der Waals surface area contributed by atoms with E-state index in [9.17, 15) is 0 Å². The lowest BCUT2D eigenvalue weighted by Crippen LogP contribution is -2.13. The fourth-order valence-corrected chi connectivity index (χ4v) is 3.41. The van der Waals surface area contributed by atoms with Crippen LogP contribution in [-0.4, -0.2) is 34.0 Å². The lowest BCUT2D eigenvalue weighted by molar-refractivity contribution is 0.343. The number of fused-ring (bicyclic) bond motifs is 1. The highest BCUT2D eigenvalue weighted by atomic mass is 35.5. The highest BCUT2D eigenvalue weighted by Gasteiger charge is 2.15. The van der Waals surface area contributed by atoms with Gasteiger partial charge in [0.25, 0.3) is 0 Å². The van der Waals surface area contributed by atoms with Gasteiger partial charge in [0.05, 0.1) is 12.1 Å². The summed E-state index contributed by atoms with van der Waals surface area (Å²) in [4.78, 5) is 4.78. The summed E-state index contributed by atoms with van der Waals surface area (Å²) in [7, 11) is 0. The molecule has 0 amide bonds. The molecular weight excluding hydrogens is 304 g/mol. The van der Waals surface area contributed by atoms with Crippen molar-refractivity contribution < 1.29 is 4.74 Å². The van der Waals surface area contributed by atoms with E-state index in [0.717, 1.165) is 41.3 Å². The maximum Gasteiger partial charge on any atom is 0.147 e. The summed E-state index contributed by atoms with van der Waals surface area (Å²) in [5.74, 6) is 4.25. The predicted octanol–water partition coefficient (Wildman–Crippen LogP) is 4.22. The van der Waals surface area contributed by atoms with Gasteiger partial charge in [-0.25, -0.2) is 4.98 Å². The van der Waals surface area contributed by atoms with E-state index < -0.39 is 0 Å². The van der Waals surface area contributed by atoms with Gasteiger partial charge in [0.1, 0.15) is 17.1 Å². The average Bonchev–Trinajstić information content (AvgIpc) is 2.79. The summed E-state index contributed by atoms with van der Waals surface area (Å²) < 4.78 is 8.01. The number of aromatic nitrogens is 2. The first kappa shape index (κ1) is 16.5. The summed E-state index contributed by atoms with van der Waals surface area (Å²) in [6, 6.07) is 6.14. The SMILES string of the molecule is CCOc1cccc2c1nc(CCCl)n2CC(C)CSC. The van der Waals surface area contributed by atoms with Crippen molar-refractivity contribution in [2.24, 2.45) is 5.92 Å². The second-order valence-electron chi connectivity index (χ2n) is 5.20. The van der Waals surface area contributed by atoms with Crippen molar-refractivity contribution in [3.63, 3.8) is 0 Å². The highest BCUT2D eigenvalue weighted by Crippen LogP contribution is 2.27. The van der Waals surface area contributed by atoms with Crippen LogP contribution in [0.2, 0.25) is 0 Å². The minimum atomic E-state index is 0.587. The molecule has 0 saturated carbocycles. The van der Waals surface area contributed by atoms with Gasteiger partial charge in [0, 0.05) is 18.8 Å². The first-order chi connectivity index (χ1) is 10.2. The van der Waals surface area contributed by atoms with Crippen LogP contribution in [-0.2, 0) is 13.0 Å². The van der Waals surface area contributed by atoms with Gasteiger partial charge in [-0.3, -0.25) is 0 Å². The molecule has 116 valence electrons. The molecule has 0 fully saturated rings. The van der Waals surface area contributed by atoms with Gasteiger partial charge in [-0.15, -0.1) is 11.6 Å². The standard InChI is InChI=1S/C16H23ClN2OS/c1-4-20-14-7-5-6-13-16(14)18-15(8-9-17)19(13)10-12(2)11-21-3/h5-7,12H,4,8-11H2,1-3H3. The van der Waals surface area contributed by atoms with Gasteiger partial charge in [-0.05, 0) is 37.0 Å². The fraction of sp³-hybridized carbons (Fsp3) is 0.562. The lowest BCUT2D eigenvalue weighted by Gasteiger charge is -2.14. The zero-order valence-electron chi connectivity index (χ0n) is 12.9. The summed E-state index contributed by atoms with van der Waals surface area (Å²) in [6.45, 7) is 5.90. The van der Waals surface area contributed by atoms with E-state index in [-0.39, 0.29) is 0 Å². The van der Waals surface area contributed by atoms with Crippen LogP contribution >= 0.6 is 23.4 Å². The Morgan fingerprint density at radius 3 is 2.90 bits per heavy atom. The Morgan fingerprint density at radius 2 is 2.24 bits per heavy atom. The molecular formula is C16H23ClN2OS. The fourth-order valence-electron chi connectivity index (χ4n) is 2.57. The number of nitrogens with zero attached hydrogens (tertiary/aromatic N) is 2. The third-order valence-corrected chi connectivity index (χ3v) is 4.48. The molecule has 0 aliphatic rings. The Bertz CT molecular complexity index is 585. The molecule has 0 aliphatic heterocycles. The third kappa shape index (κ3) is 3.86. The van der Waals surface area contributed by atoms with E-state index >= 15 is 0 Å². The Labute approximate surface area is 136 Å². The molecule has 0 bridgehead atoms. The molecule has 21 heavy (non-hydrogen) atoms. The van der Waals surface area contributed by atoms with Crippen LogP contribution in [0.25, 0.3) is 11.0 Å². The normalized spacial score (nSPS) is 12.8. The zero-order valence-corrected chi connectivity index (χ0v) is 14.5. The first-order valence-electron chi connectivity index (χ1n) is 7.37. The van der Waals surface area contributed by atoms with E-state index in [1.54, 1.807) is 0 Å². The van der Waals surface area contributed by atoms with Crippen LogP contribution in [0, 0.1) is 5.92 Å². The average molecular weight is 327 g/mol. The largest absolute Gasteiger partial charge is 0.492 e. The van der Waals surface area contributed by atoms with Crippen LogP contribution in [0.15, 0.2) is 18.2 Å². The first-order valence-corrected chi connectivity index (χ1v) is 9.29. The van der Waals surface area contributed by atoms with E-state index in [4.69, 9.17) is 21.3 Å². The highest BCUT2D eigenvalue weighted by molar-refractivity contribution is 7.98. The predicted molar refractivity (Wildman–Crippen MR) is 92.9 cm³/mol. The van der Waals surface area contributed by atoms with Crippen molar-refractivity contribution in [1.82, 2.24) is 9.55 Å². The second kappa shape index (κ2) is 7.95. The van der Waals surface area contributed by atoms with Gasteiger partial charge in [-0.1, -0.05) is 13.0 Å². The molecule has 3 nitrogen and oxygen atoms in total. The maximum absolute atomic E-state index is 5.95. The quantitative estimate of drug-likeness (QED) is 0.680. The minimum absolute atomic E-state index is 0.587. The second-order valence-corrected chi connectivity index (χ2v) is 6.48. The van der Waals surface area contributed by atoms with Crippen molar-refractivity contribution in [1.29, 1.82) is 0 Å². The minimum Gasteiger partial charge on any atom is -0.492 e. The van der Waals surface area contributed by atoms with Crippen molar-refractivity contribution in [3.8, 4) is 5.75 Å². The van der Waals surface area contributed by atoms with Gasteiger partial charge in [0.15, 0.2) is 0 Å². The van der Waals surface area contributed by atoms with Crippen molar-refractivity contribution >= 4 is 34.4 Å². The van der Waals surface area contributed by atoms with E-state index in [0.29, 0.717) is 18.4 Å². The Balaban J connectivity index is 2.44. The number of alkyl halides is 1. The topological polar surface area (TPSA) is 27.1 Å². The molecule has 1 atom stereocenters. The maximum atomic E-state index is 5.95. The molecule has 5 heteroatoms. The number of para-hydroxylation sites is 1. The molecule has 1 aromatic carbocycles. The van der Waals surface area contributed by atoms with Crippen LogP contribution in [0.3, 0.4) is 0 Å². The molecule has 0 radical (unpaired) electrons. The smallest absolute Gasteiger partial charge is 0.147 e. The molecule has 0 aliphatic carbocycles. The Morgan fingerprint density at radius 1 is 1.43 bits per heavy atom. The third-order valence-electron chi connectivity index (χ3n) is 3.38. The van der Waals surface area contributed by atoms with Crippen LogP contribution in [0.5, 0.6) is 5.75 Å². The number of ether oxygens (including phenoxy) is 1. The van der Waals surface area contributed by atoms with Gasteiger partial charge in [-0.2, -0.15) is 11.8 Å². The summed E-state index contributed by atoms with van der Waals surface area (Å²) in [5.41, 5.74) is 2.10. The van der Waals surface area contributed by atoms with Crippen LogP contribution in [0.4, 0.5) is 0 Å². The number of aryl methyl sites for hydroxylation is 1. The molecule has 1 aromatic heterocycles. The number of benzene rings is 1. The molecule has 1 unspecified atom stereocenters. The zero-order chi connectivity index (χ0) is 15.2. The molecule has 0 saturated heterocycles. The van der Waals surface area contributed by atoms with Crippen molar-refractivity contribution in [2.45, 2.75) is 26.8 Å². The molecule has 2 rings (SSSR count). The molecule has 2 aromatic rings. The Kier molecular flexibility index (Phi) is 6.24. The number of imidazole rings is 1. The summed E-state index contributed by atoms with van der Waals surface area (Å²) in [5, 5.41) is 0. The molecule has 0 N–H and O–H groups in total. The number of halogens is 1.